The largest absolute Gasteiger partial charge is 0.396 e. The van der Waals surface area contributed by atoms with Crippen LogP contribution in [0, 0.1) is 5.41 Å². The maximum atomic E-state index is 12.6. The molecule has 15 heavy (non-hydrogen) atoms. The highest BCUT2D eigenvalue weighted by Gasteiger charge is 2.61. The van der Waals surface area contributed by atoms with Crippen LogP contribution in [0.2, 0.25) is 0 Å². The summed E-state index contributed by atoms with van der Waals surface area (Å²) in [5.74, 6) is -2.39. The first kappa shape index (κ1) is 12.8. The molecule has 0 aromatic rings. The molecule has 1 heterocycles. The minimum atomic E-state index is -2.39. The van der Waals surface area contributed by atoms with E-state index in [0.717, 1.165) is 26.1 Å². The summed E-state index contributed by atoms with van der Waals surface area (Å²) in [7, 11) is 0. The summed E-state index contributed by atoms with van der Waals surface area (Å²) in [4.78, 5) is 2.14. The molecule has 0 atom stereocenters. The smallest absolute Gasteiger partial charge is 0.249 e. The van der Waals surface area contributed by atoms with Gasteiger partial charge in [0, 0.05) is 44.5 Å². The van der Waals surface area contributed by atoms with Crippen molar-refractivity contribution >= 4 is 0 Å². The Labute approximate surface area is 90.3 Å². The van der Waals surface area contributed by atoms with Crippen molar-refractivity contribution in [2.45, 2.75) is 39.0 Å². The predicted molar refractivity (Wildman–Crippen MR) is 56.1 cm³/mol. The first-order valence-electron chi connectivity index (χ1n) is 5.76. The summed E-state index contributed by atoms with van der Waals surface area (Å²) in [5, 5.41) is 8.57. The van der Waals surface area contributed by atoms with Gasteiger partial charge < -0.3 is 10.0 Å². The molecule has 0 aromatic heterocycles. The zero-order valence-electron chi connectivity index (χ0n) is 9.60. The topological polar surface area (TPSA) is 23.5 Å². The fourth-order valence-corrected chi connectivity index (χ4v) is 2.62. The third kappa shape index (κ3) is 2.88. The third-order valence-corrected chi connectivity index (χ3v) is 3.02. The van der Waals surface area contributed by atoms with Gasteiger partial charge in [0.1, 0.15) is 0 Å². The Bertz CT molecular complexity index is 193. The number of halogens is 2. The molecule has 2 fully saturated rings. The van der Waals surface area contributed by atoms with Gasteiger partial charge >= 0.3 is 0 Å². The van der Waals surface area contributed by atoms with Crippen molar-refractivity contribution in [1.29, 1.82) is 0 Å². The van der Waals surface area contributed by atoms with E-state index in [-0.39, 0.29) is 24.9 Å². The van der Waals surface area contributed by atoms with E-state index in [0.29, 0.717) is 0 Å². The maximum absolute atomic E-state index is 12.6. The maximum Gasteiger partial charge on any atom is 0.249 e. The second kappa shape index (κ2) is 4.74. The van der Waals surface area contributed by atoms with Gasteiger partial charge in [0.05, 0.1) is 0 Å². The molecular formula is C11H21F2NO. The molecule has 1 N–H and O–H groups in total. The zero-order chi connectivity index (χ0) is 11.5. The van der Waals surface area contributed by atoms with E-state index in [1.807, 2.05) is 13.8 Å². The number of hydrogen-bond acceptors (Lipinski definition) is 2. The van der Waals surface area contributed by atoms with Crippen LogP contribution in [0.1, 0.15) is 33.1 Å². The Morgan fingerprint density at radius 1 is 1.20 bits per heavy atom. The van der Waals surface area contributed by atoms with Gasteiger partial charge in [0.15, 0.2) is 0 Å². The lowest BCUT2D eigenvalue weighted by molar-refractivity contribution is -0.213. The molecule has 1 aliphatic carbocycles. The fourth-order valence-electron chi connectivity index (χ4n) is 2.62. The first-order chi connectivity index (χ1) is 7.05. The molecule has 1 saturated carbocycles. The highest BCUT2D eigenvalue weighted by molar-refractivity contribution is 5.07. The highest BCUT2D eigenvalue weighted by Crippen LogP contribution is 2.56. The molecule has 2 nitrogen and oxygen atoms in total. The van der Waals surface area contributed by atoms with Crippen molar-refractivity contribution < 1.29 is 13.9 Å². The van der Waals surface area contributed by atoms with E-state index in [1.165, 1.54) is 0 Å². The SMILES string of the molecule is CC.OCCCN1CC2(C1)CC(F)(F)C2. The van der Waals surface area contributed by atoms with Gasteiger partial charge in [0.25, 0.3) is 0 Å². The van der Waals surface area contributed by atoms with E-state index in [9.17, 15) is 8.78 Å². The fraction of sp³-hybridized carbons (Fsp3) is 1.00. The number of nitrogens with zero attached hydrogens (tertiary/aromatic N) is 1. The van der Waals surface area contributed by atoms with Gasteiger partial charge in [-0.1, -0.05) is 13.8 Å². The van der Waals surface area contributed by atoms with Gasteiger partial charge in [-0.2, -0.15) is 0 Å². The number of alkyl halides is 2. The van der Waals surface area contributed by atoms with Gasteiger partial charge in [-0.25, -0.2) is 8.78 Å². The van der Waals surface area contributed by atoms with E-state index in [1.54, 1.807) is 0 Å². The molecule has 2 aliphatic rings. The minimum absolute atomic E-state index is 0.0566. The van der Waals surface area contributed by atoms with Crippen molar-refractivity contribution in [3.8, 4) is 0 Å². The van der Waals surface area contributed by atoms with Crippen LogP contribution in [-0.4, -0.2) is 42.2 Å². The van der Waals surface area contributed by atoms with Gasteiger partial charge in [0.2, 0.25) is 5.92 Å². The summed E-state index contributed by atoms with van der Waals surface area (Å²) in [6.45, 7) is 6.66. The third-order valence-electron chi connectivity index (χ3n) is 3.02. The summed E-state index contributed by atoms with van der Waals surface area (Å²) in [5.41, 5.74) is -0.0566. The number of hydrogen-bond donors (Lipinski definition) is 1. The predicted octanol–water partition coefficient (Wildman–Crippen LogP) is 2.13. The molecule has 0 unspecified atom stereocenters. The van der Waals surface area contributed by atoms with Crippen molar-refractivity contribution in [1.82, 2.24) is 4.90 Å². The minimum Gasteiger partial charge on any atom is -0.396 e. The molecule has 1 saturated heterocycles. The molecule has 0 bridgehead atoms. The van der Waals surface area contributed by atoms with Gasteiger partial charge in [-0.05, 0) is 6.42 Å². The standard InChI is InChI=1S/C9H15F2NO.C2H6/c10-9(11)4-8(5-9)6-12(7-8)2-1-3-13;1-2/h13H,1-7H2;1-2H3. The van der Waals surface area contributed by atoms with E-state index >= 15 is 0 Å². The zero-order valence-corrected chi connectivity index (χ0v) is 9.60. The quantitative estimate of drug-likeness (QED) is 0.789. The molecule has 0 aromatic carbocycles. The Morgan fingerprint density at radius 3 is 2.13 bits per heavy atom. The van der Waals surface area contributed by atoms with Crippen LogP contribution in [0.15, 0.2) is 0 Å². The van der Waals surface area contributed by atoms with E-state index in [4.69, 9.17) is 5.11 Å². The highest BCUT2D eigenvalue weighted by atomic mass is 19.3. The molecule has 90 valence electrons. The Morgan fingerprint density at radius 2 is 1.73 bits per heavy atom. The Balaban J connectivity index is 0.000000531. The second-order valence-electron chi connectivity index (χ2n) is 4.50. The van der Waals surface area contributed by atoms with Crippen molar-refractivity contribution in [2.75, 3.05) is 26.2 Å². The monoisotopic (exact) mass is 221 g/mol. The van der Waals surface area contributed by atoms with Gasteiger partial charge in [-0.3, -0.25) is 0 Å². The van der Waals surface area contributed by atoms with Crippen LogP contribution >= 0.6 is 0 Å². The van der Waals surface area contributed by atoms with Crippen molar-refractivity contribution in [3.63, 3.8) is 0 Å². The van der Waals surface area contributed by atoms with Crippen molar-refractivity contribution in [2.24, 2.45) is 5.41 Å². The van der Waals surface area contributed by atoms with Crippen LogP contribution in [0.5, 0.6) is 0 Å². The van der Waals surface area contributed by atoms with E-state index in [2.05, 4.69) is 4.90 Å². The van der Waals surface area contributed by atoms with Crippen molar-refractivity contribution in [3.05, 3.63) is 0 Å². The Hall–Kier alpha value is -0.220. The Kier molecular flexibility index (Phi) is 4.06. The van der Waals surface area contributed by atoms with Crippen LogP contribution in [0.4, 0.5) is 8.78 Å². The van der Waals surface area contributed by atoms with Crippen LogP contribution in [0.3, 0.4) is 0 Å². The molecule has 1 spiro atoms. The lowest BCUT2D eigenvalue weighted by Crippen LogP contribution is -2.65. The normalized spacial score (nSPS) is 26.2. The molecule has 0 amide bonds. The first-order valence-corrected chi connectivity index (χ1v) is 5.76. The lowest BCUT2D eigenvalue weighted by atomic mass is 9.61. The van der Waals surface area contributed by atoms with Crippen LogP contribution in [-0.2, 0) is 0 Å². The number of aliphatic hydroxyl groups excluding tert-OH is 1. The van der Waals surface area contributed by atoms with E-state index < -0.39 is 5.92 Å². The number of rotatable bonds is 3. The molecule has 0 radical (unpaired) electrons. The van der Waals surface area contributed by atoms with Crippen LogP contribution < -0.4 is 0 Å². The summed E-state index contributed by atoms with van der Waals surface area (Å²) in [6.07, 6.45) is 0.914. The second-order valence-corrected chi connectivity index (χ2v) is 4.50. The summed E-state index contributed by atoms with van der Waals surface area (Å²) >= 11 is 0. The number of likely N-dealkylation sites (tertiary alicyclic amines) is 1. The summed E-state index contributed by atoms with van der Waals surface area (Å²) in [6, 6.07) is 0. The molecule has 2 rings (SSSR count). The van der Waals surface area contributed by atoms with Gasteiger partial charge in [-0.15, -0.1) is 0 Å². The molecule has 1 aliphatic heterocycles. The molecular weight excluding hydrogens is 200 g/mol. The van der Waals surface area contributed by atoms with Crippen LogP contribution in [0.25, 0.3) is 0 Å². The average molecular weight is 221 g/mol. The number of aliphatic hydroxyl groups is 1. The average Bonchev–Trinajstić information content (AvgIpc) is 2.10. The lowest BCUT2D eigenvalue weighted by Gasteiger charge is -2.58. The summed E-state index contributed by atoms with van der Waals surface area (Å²) < 4.78 is 25.1. The molecule has 4 heteroatoms.